The van der Waals surface area contributed by atoms with Crippen molar-refractivity contribution in [3.05, 3.63) is 138 Å². The van der Waals surface area contributed by atoms with E-state index < -0.39 is 85.4 Å². The van der Waals surface area contributed by atoms with E-state index in [1.165, 1.54) is 0 Å². The highest BCUT2D eigenvalue weighted by atomic mass is 28.4. The number of hydrogen-bond acceptors (Lipinski definition) is 11. The number of rotatable bonds is 15. The van der Waals surface area contributed by atoms with Crippen LogP contribution in [0.4, 0.5) is 0 Å². The largest absolute Gasteiger partial charge is 0.497 e. The number of carbonyl (C=O) groups is 4. The van der Waals surface area contributed by atoms with Gasteiger partial charge in [0.2, 0.25) is 5.91 Å². The zero-order valence-electron chi connectivity index (χ0n) is 36.0. The molecule has 3 aliphatic rings. The third-order valence-corrected chi connectivity index (χ3v) is 17.5. The predicted molar refractivity (Wildman–Crippen MR) is 237 cm³/mol. The summed E-state index contributed by atoms with van der Waals surface area (Å²) in [7, 11) is -1.64. The molecule has 0 aromatic heterocycles. The summed E-state index contributed by atoms with van der Waals surface area (Å²) in [6, 6.07) is 31.2. The van der Waals surface area contributed by atoms with Gasteiger partial charge in [-0.1, -0.05) is 106 Å². The summed E-state index contributed by atoms with van der Waals surface area (Å²) < 4.78 is 24.6. The fourth-order valence-electron chi connectivity index (χ4n) is 9.17. The first kappa shape index (κ1) is 45.7. The van der Waals surface area contributed by atoms with Crippen LogP contribution in [0.3, 0.4) is 0 Å². The summed E-state index contributed by atoms with van der Waals surface area (Å²) in [5, 5.41) is 38.7. The zero-order chi connectivity index (χ0) is 44.9. The highest BCUT2D eigenvalue weighted by Crippen LogP contribution is 2.41. The Morgan fingerprint density at radius 2 is 1.40 bits per heavy atom. The summed E-state index contributed by atoms with van der Waals surface area (Å²) in [5.74, 6) is -2.09. The topological polar surface area (TPSA) is 181 Å². The second kappa shape index (κ2) is 19.6. The first-order valence-electron chi connectivity index (χ1n) is 21.4. The van der Waals surface area contributed by atoms with Crippen LogP contribution in [0.1, 0.15) is 66.3 Å². The number of carbonyl (C=O) groups excluding carboxylic acids is 4. The van der Waals surface area contributed by atoms with Crippen LogP contribution in [0, 0.1) is 5.92 Å². The van der Waals surface area contributed by atoms with Crippen molar-refractivity contribution >= 4 is 42.2 Å². The van der Waals surface area contributed by atoms with Gasteiger partial charge in [0, 0.05) is 12.5 Å². The van der Waals surface area contributed by atoms with Crippen LogP contribution in [-0.2, 0) is 30.1 Å². The molecule has 0 bridgehead atoms. The minimum atomic E-state index is -3.21. The molecule has 4 aromatic carbocycles. The van der Waals surface area contributed by atoms with Crippen LogP contribution < -0.4 is 20.4 Å². The Labute approximate surface area is 368 Å². The number of benzene rings is 4. The van der Waals surface area contributed by atoms with Crippen LogP contribution in [-0.4, -0.2) is 115 Å². The number of amides is 3. The average molecular weight is 877 g/mol. The van der Waals surface area contributed by atoms with Crippen LogP contribution in [0.25, 0.3) is 0 Å². The lowest BCUT2D eigenvalue weighted by molar-refractivity contribution is -0.140. The lowest BCUT2D eigenvalue weighted by Crippen LogP contribution is -2.70. The lowest BCUT2D eigenvalue weighted by atomic mass is 9.80. The second-order valence-electron chi connectivity index (χ2n) is 17.5. The number of nitrogens with one attached hydrogen (secondary N) is 1. The Hall–Kier alpha value is -5.32. The Morgan fingerprint density at radius 1 is 0.810 bits per heavy atom. The van der Waals surface area contributed by atoms with Crippen molar-refractivity contribution in [2.24, 2.45) is 5.92 Å². The summed E-state index contributed by atoms with van der Waals surface area (Å²) in [4.78, 5) is 55.3. The number of imide groups is 1. The number of ketones is 1. The van der Waals surface area contributed by atoms with Gasteiger partial charge in [-0.25, -0.2) is 0 Å². The lowest BCUT2D eigenvalue weighted by Gasteiger charge is -2.49. The highest BCUT2D eigenvalue weighted by molar-refractivity contribution is 6.99. The molecule has 332 valence electrons. The molecular formula is C49H56N2O11Si. The highest BCUT2D eigenvalue weighted by Gasteiger charge is 2.54. The number of aliphatic hydroxyl groups is 3. The monoisotopic (exact) mass is 876 g/mol. The minimum Gasteiger partial charge on any atom is -0.497 e. The van der Waals surface area contributed by atoms with Gasteiger partial charge in [0.15, 0.2) is 5.78 Å². The van der Waals surface area contributed by atoms with Gasteiger partial charge in [-0.3, -0.25) is 24.1 Å². The van der Waals surface area contributed by atoms with Gasteiger partial charge in [0.1, 0.15) is 18.0 Å². The molecule has 1 saturated heterocycles. The maximum Gasteiger partial charge on any atom is 0.261 e. The molecule has 7 rings (SSSR count). The number of hydrogen-bond donors (Lipinski definition) is 4. The van der Waals surface area contributed by atoms with Gasteiger partial charge in [-0.15, -0.1) is 0 Å². The smallest absolute Gasteiger partial charge is 0.261 e. The van der Waals surface area contributed by atoms with Gasteiger partial charge in [-0.05, 0) is 70.1 Å². The van der Waals surface area contributed by atoms with Gasteiger partial charge >= 0.3 is 0 Å². The Balaban J connectivity index is 1.08. The fourth-order valence-corrected chi connectivity index (χ4v) is 13.9. The van der Waals surface area contributed by atoms with E-state index in [1.807, 2.05) is 72.8 Å². The van der Waals surface area contributed by atoms with E-state index in [0.717, 1.165) is 33.0 Å². The first-order valence-corrected chi connectivity index (χ1v) is 23.3. The quantitative estimate of drug-likeness (QED) is 0.0777. The number of fused-ring (bicyclic) bond motifs is 1. The van der Waals surface area contributed by atoms with Gasteiger partial charge < -0.3 is 39.3 Å². The standard InChI is InChI=1S/C49H56N2O11Si/c1-49(2,3)63(35-13-7-5-8-14-35,36-15-9-6-10-16-36)62-46-32(21-25-40(53)45(46)56)27-33(52)22-26-42(54)50-43-41(30-60-28-31-19-23-34(59-4)24-20-31)61-29-39(44(43)55)51-47(57)37-17-11-12-18-38(37)48(51)58/h5-20,22-24,26,32,39-41,43-46,53,55-56H,21,25,27-30H2,1-4H3,(H,50,54)/b26-22+/t32-,39?,40+,41?,43-,44+,45-,46-/m0/s1. The number of nitrogens with zero attached hydrogens (tertiary/aromatic N) is 1. The second-order valence-corrected chi connectivity index (χ2v) is 21.8. The number of methoxy groups -OCH3 is 1. The fraction of sp³-hybridized carbons (Fsp3) is 0.388. The SMILES string of the molecule is COc1ccc(COCC2OCC(N3C(=O)c4ccccc4C3=O)[C@@H](O)[C@H]2NC(=O)/C=C/C(=O)C[C@@H]2CC[C@@H](O)[C@H](O)[C@H]2O[Si](c2ccccc2)(c2ccccc2)C(C)(C)C)cc1. The van der Waals surface area contributed by atoms with E-state index in [2.05, 4.69) is 26.1 Å². The molecule has 8 atom stereocenters. The van der Waals surface area contributed by atoms with Crippen LogP contribution in [0.5, 0.6) is 5.75 Å². The first-order chi connectivity index (χ1) is 30.2. The van der Waals surface area contributed by atoms with Crippen molar-refractivity contribution in [1.29, 1.82) is 0 Å². The molecule has 63 heavy (non-hydrogen) atoms. The van der Waals surface area contributed by atoms with Gasteiger partial charge in [-0.2, -0.15) is 0 Å². The molecule has 14 heteroatoms. The van der Waals surface area contributed by atoms with Crippen LogP contribution >= 0.6 is 0 Å². The Kier molecular flexibility index (Phi) is 14.2. The summed E-state index contributed by atoms with van der Waals surface area (Å²) in [6.07, 6.45) is -2.77. The van der Waals surface area contributed by atoms with E-state index in [9.17, 15) is 34.5 Å². The molecule has 1 aliphatic carbocycles. The van der Waals surface area contributed by atoms with Crippen molar-refractivity contribution in [1.82, 2.24) is 10.2 Å². The molecule has 4 N–H and O–H groups in total. The maximum absolute atomic E-state index is 13.8. The van der Waals surface area contributed by atoms with Crippen LogP contribution in [0.2, 0.25) is 5.04 Å². The number of allylic oxidation sites excluding steroid dienone is 1. The molecule has 4 aromatic rings. The average Bonchev–Trinajstić information content (AvgIpc) is 3.54. The third kappa shape index (κ3) is 9.63. The van der Waals surface area contributed by atoms with E-state index in [-0.39, 0.29) is 43.8 Å². The molecular weight excluding hydrogens is 821 g/mol. The maximum atomic E-state index is 13.8. The number of aliphatic hydroxyl groups excluding tert-OH is 3. The molecule has 2 fully saturated rings. The third-order valence-electron chi connectivity index (χ3n) is 12.5. The van der Waals surface area contributed by atoms with Crippen LogP contribution in [0.15, 0.2) is 121 Å². The number of ether oxygens (including phenoxy) is 3. The molecule has 2 unspecified atom stereocenters. The molecule has 0 radical (unpaired) electrons. The zero-order valence-corrected chi connectivity index (χ0v) is 37.0. The van der Waals surface area contributed by atoms with Gasteiger partial charge in [0.25, 0.3) is 20.1 Å². The predicted octanol–water partition coefficient (Wildman–Crippen LogP) is 3.71. The van der Waals surface area contributed by atoms with E-state index in [0.29, 0.717) is 12.2 Å². The Morgan fingerprint density at radius 3 is 1.97 bits per heavy atom. The minimum absolute atomic E-state index is 0.0614. The molecule has 3 amide bonds. The van der Waals surface area contributed by atoms with Crippen molar-refractivity contribution in [2.75, 3.05) is 20.3 Å². The molecule has 2 heterocycles. The molecule has 0 spiro atoms. The van der Waals surface area contributed by atoms with E-state index in [1.54, 1.807) is 43.5 Å². The van der Waals surface area contributed by atoms with E-state index in [4.69, 9.17) is 18.6 Å². The van der Waals surface area contributed by atoms with Crippen molar-refractivity contribution in [2.45, 2.75) is 94.3 Å². The van der Waals surface area contributed by atoms with Crippen molar-refractivity contribution in [3.8, 4) is 5.75 Å². The molecule has 1 saturated carbocycles. The van der Waals surface area contributed by atoms with Crippen molar-refractivity contribution in [3.63, 3.8) is 0 Å². The van der Waals surface area contributed by atoms with Crippen molar-refractivity contribution < 1.29 is 53.1 Å². The molecule has 13 nitrogen and oxygen atoms in total. The Bertz CT molecular complexity index is 2190. The van der Waals surface area contributed by atoms with E-state index >= 15 is 0 Å². The summed E-state index contributed by atoms with van der Waals surface area (Å²) >= 11 is 0. The summed E-state index contributed by atoms with van der Waals surface area (Å²) in [6.45, 7) is 6.25. The summed E-state index contributed by atoms with van der Waals surface area (Å²) in [5.41, 5.74) is 1.26. The normalized spacial score (nSPS) is 25.2. The molecule has 2 aliphatic heterocycles. The van der Waals surface area contributed by atoms with Gasteiger partial charge in [0.05, 0.1) is 68.5 Å².